The molecule has 2 heterocycles. The van der Waals surface area contributed by atoms with Crippen molar-refractivity contribution in [1.82, 2.24) is 14.9 Å². The van der Waals surface area contributed by atoms with E-state index in [0.717, 1.165) is 34.8 Å². The molecular weight excluding hydrogens is 515 g/mol. The van der Waals surface area contributed by atoms with Gasteiger partial charge in [0.2, 0.25) is 0 Å². The molecule has 0 atom stereocenters. The normalized spacial score (nSPS) is 19.3. The molecule has 10 heteroatoms. The predicted molar refractivity (Wildman–Crippen MR) is 125 cm³/mol. The Labute approximate surface area is 195 Å². The first-order valence-corrected chi connectivity index (χ1v) is 11.3. The van der Waals surface area contributed by atoms with Crippen molar-refractivity contribution in [3.8, 4) is 0 Å². The zero-order valence-electron chi connectivity index (χ0n) is 18.2. The van der Waals surface area contributed by atoms with Gasteiger partial charge in [0.1, 0.15) is 23.5 Å². The second-order valence-corrected chi connectivity index (χ2v) is 9.85. The maximum atomic E-state index is 12.0. The van der Waals surface area contributed by atoms with Gasteiger partial charge in [0.25, 0.3) is 0 Å². The number of carboxylic acid groups (broad SMARTS) is 1. The van der Waals surface area contributed by atoms with E-state index in [-0.39, 0.29) is 17.6 Å². The SMILES string of the molecule is COCn1c(I)cc2c(NC3CCC(NC(=O)OC(C)(C)C)CC3)c(C(=O)O)cnc21. The molecule has 3 rings (SSSR count). The quantitative estimate of drug-likeness (QED) is 0.468. The average molecular weight is 544 g/mol. The fraction of sp³-hybridized carbons (Fsp3) is 0.571. The number of carbonyl (C=O) groups is 2. The van der Waals surface area contributed by atoms with Crippen molar-refractivity contribution < 1.29 is 24.2 Å². The molecule has 1 aliphatic carbocycles. The number of anilines is 1. The molecule has 1 aliphatic rings. The van der Waals surface area contributed by atoms with Gasteiger partial charge in [-0.25, -0.2) is 14.6 Å². The van der Waals surface area contributed by atoms with Gasteiger partial charge in [-0.15, -0.1) is 0 Å². The Morgan fingerprint density at radius 2 is 1.90 bits per heavy atom. The summed E-state index contributed by atoms with van der Waals surface area (Å²) >= 11 is 2.19. The lowest BCUT2D eigenvalue weighted by molar-refractivity contribution is 0.0491. The number of alkyl carbamates (subject to hydrolysis) is 1. The number of hydrogen-bond donors (Lipinski definition) is 3. The fourth-order valence-electron chi connectivity index (χ4n) is 3.80. The third kappa shape index (κ3) is 5.79. The lowest BCUT2D eigenvalue weighted by Crippen LogP contribution is -2.42. The van der Waals surface area contributed by atoms with Crippen molar-refractivity contribution in [2.75, 3.05) is 12.4 Å². The molecule has 1 amide bonds. The van der Waals surface area contributed by atoms with Gasteiger partial charge < -0.3 is 25.2 Å². The minimum Gasteiger partial charge on any atom is -0.478 e. The van der Waals surface area contributed by atoms with Crippen molar-refractivity contribution in [2.24, 2.45) is 0 Å². The smallest absolute Gasteiger partial charge is 0.407 e. The number of methoxy groups -OCH3 is 1. The number of pyridine rings is 1. The van der Waals surface area contributed by atoms with Gasteiger partial charge in [-0.2, -0.15) is 0 Å². The lowest BCUT2D eigenvalue weighted by atomic mass is 9.91. The monoisotopic (exact) mass is 544 g/mol. The van der Waals surface area contributed by atoms with Crippen LogP contribution in [0.15, 0.2) is 12.3 Å². The molecule has 2 aromatic rings. The van der Waals surface area contributed by atoms with Crippen LogP contribution in [0.4, 0.5) is 10.5 Å². The van der Waals surface area contributed by atoms with Crippen LogP contribution in [0, 0.1) is 3.70 Å². The Balaban J connectivity index is 1.73. The maximum absolute atomic E-state index is 12.0. The molecule has 3 N–H and O–H groups in total. The number of fused-ring (bicyclic) bond motifs is 1. The summed E-state index contributed by atoms with van der Waals surface area (Å²) in [7, 11) is 1.61. The minimum atomic E-state index is -1.02. The highest BCUT2D eigenvalue weighted by Crippen LogP contribution is 2.32. The first-order chi connectivity index (χ1) is 14.6. The van der Waals surface area contributed by atoms with E-state index in [9.17, 15) is 14.7 Å². The summed E-state index contributed by atoms with van der Waals surface area (Å²) in [4.78, 5) is 28.2. The van der Waals surface area contributed by atoms with Crippen molar-refractivity contribution in [1.29, 1.82) is 0 Å². The Bertz CT molecular complexity index is 961. The van der Waals surface area contributed by atoms with Crippen molar-refractivity contribution >= 4 is 51.4 Å². The van der Waals surface area contributed by atoms with Crippen LogP contribution >= 0.6 is 22.6 Å². The number of carboxylic acids is 1. The second kappa shape index (κ2) is 9.60. The first-order valence-electron chi connectivity index (χ1n) is 10.2. The van der Waals surface area contributed by atoms with Gasteiger partial charge in [0.15, 0.2) is 0 Å². The van der Waals surface area contributed by atoms with Crippen LogP contribution in [0.1, 0.15) is 56.8 Å². The molecule has 9 nitrogen and oxygen atoms in total. The van der Waals surface area contributed by atoms with Crippen LogP contribution in [-0.2, 0) is 16.2 Å². The van der Waals surface area contributed by atoms with Gasteiger partial charge in [-0.1, -0.05) is 0 Å². The van der Waals surface area contributed by atoms with Gasteiger partial charge >= 0.3 is 12.1 Å². The molecule has 1 fully saturated rings. The molecule has 31 heavy (non-hydrogen) atoms. The van der Waals surface area contributed by atoms with Crippen molar-refractivity contribution in [3.05, 3.63) is 21.5 Å². The van der Waals surface area contributed by atoms with Gasteiger partial charge in [-0.05, 0) is 75.1 Å². The summed E-state index contributed by atoms with van der Waals surface area (Å²) < 4.78 is 13.4. The van der Waals surface area contributed by atoms with E-state index in [1.54, 1.807) is 7.11 Å². The highest BCUT2D eigenvalue weighted by atomic mass is 127. The van der Waals surface area contributed by atoms with Crippen LogP contribution in [0.3, 0.4) is 0 Å². The Kier molecular flexibility index (Phi) is 7.30. The molecule has 0 aliphatic heterocycles. The number of ether oxygens (including phenoxy) is 2. The number of nitrogens with zero attached hydrogens (tertiary/aromatic N) is 2. The third-order valence-corrected chi connectivity index (χ3v) is 6.05. The van der Waals surface area contributed by atoms with Crippen LogP contribution < -0.4 is 10.6 Å². The summed E-state index contributed by atoms with van der Waals surface area (Å²) in [5.74, 6) is -1.02. The van der Waals surface area contributed by atoms with Gasteiger partial charge in [0.05, 0.1) is 9.39 Å². The molecule has 2 aromatic heterocycles. The molecule has 0 spiro atoms. The van der Waals surface area contributed by atoms with E-state index in [1.165, 1.54) is 6.20 Å². The van der Waals surface area contributed by atoms with E-state index < -0.39 is 17.7 Å². The Hall–Kier alpha value is -2.08. The van der Waals surface area contributed by atoms with E-state index in [0.29, 0.717) is 18.1 Å². The van der Waals surface area contributed by atoms with Crippen LogP contribution in [0.2, 0.25) is 0 Å². The summed E-state index contributed by atoms with van der Waals surface area (Å²) in [5, 5.41) is 16.8. The highest BCUT2D eigenvalue weighted by molar-refractivity contribution is 14.1. The maximum Gasteiger partial charge on any atom is 0.407 e. The molecule has 170 valence electrons. The lowest BCUT2D eigenvalue weighted by Gasteiger charge is -2.31. The number of aromatic nitrogens is 2. The van der Waals surface area contributed by atoms with Gasteiger partial charge in [-0.3, -0.25) is 4.57 Å². The number of halogens is 1. The van der Waals surface area contributed by atoms with E-state index in [4.69, 9.17) is 9.47 Å². The van der Waals surface area contributed by atoms with Crippen molar-refractivity contribution in [3.63, 3.8) is 0 Å². The highest BCUT2D eigenvalue weighted by Gasteiger charge is 2.27. The standard InChI is InChI=1S/C21H29IN4O5/c1-21(2,3)31-20(29)25-13-7-5-12(6-8-13)24-17-14-9-16(22)26(11-30-4)18(14)23-10-15(17)19(27)28/h9-10,12-13H,5-8,11H2,1-4H3,(H,23,24)(H,25,29)(H,27,28). The van der Waals surface area contributed by atoms with Crippen LogP contribution in [0.5, 0.6) is 0 Å². The van der Waals surface area contributed by atoms with Crippen LogP contribution in [0.25, 0.3) is 11.0 Å². The Morgan fingerprint density at radius 3 is 2.48 bits per heavy atom. The van der Waals surface area contributed by atoms with E-state index >= 15 is 0 Å². The summed E-state index contributed by atoms with van der Waals surface area (Å²) in [6.45, 7) is 5.85. The number of aromatic carboxylic acids is 1. The largest absolute Gasteiger partial charge is 0.478 e. The first kappa shape index (κ1) is 23.6. The molecule has 0 bridgehead atoms. The summed E-state index contributed by atoms with van der Waals surface area (Å²) in [6.07, 6.45) is 4.18. The number of rotatable bonds is 6. The Morgan fingerprint density at radius 1 is 1.26 bits per heavy atom. The number of carbonyl (C=O) groups excluding carboxylic acids is 1. The average Bonchev–Trinajstić information content (AvgIpc) is 2.98. The number of nitrogens with one attached hydrogen (secondary N) is 2. The summed E-state index contributed by atoms with van der Waals surface area (Å²) in [5.41, 5.74) is 0.875. The second-order valence-electron chi connectivity index (χ2n) is 8.74. The van der Waals surface area contributed by atoms with Crippen molar-refractivity contribution in [2.45, 2.75) is 70.9 Å². The number of amides is 1. The van der Waals surface area contributed by atoms with Gasteiger partial charge in [0, 0.05) is 30.8 Å². The molecule has 0 unspecified atom stereocenters. The zero-order valence-corrected chi connectivity index (χ0v) is 20.4. The molecule has 1 saturated carbocycles. The zero-order chi connectivity index (χ0) is 22.8. The third-order valence-electron chi connectivity index (χ3n) is 5.16. The topological polar surface area (TPSA) is 115 Å². The summed E-state index contributed by atoms with van der Waals surface area (Å²) in [6, 6.07) is 2.07. The molecule has 0 radical (unpaired) electrons. The molecular formula is C21H29IN4O5. The predicted octanol–water partition coefficient (Wildman–Crippen LogP) is 4.19. The fourth-order valence-corrected chi connectivity index (χ4v) is 4.48. The molecule has 0 saturated heterocycles. The van der Waals surface area contributed by atoms with Crippen LogP contribution in [-0.4, -0.2) is 51.5 Å². The minimum absolute atomic E-state index is 0.0491. The van der Waals surface area contributed by atoms with E-state index in [2.05, 4.69) is 38.2 Å². The number of hydrogen-bond acceptors (Lipinski definition) is 6. The van der Waals surface area contributed by atoms with E-state index in [1.807, 2.05) is 31.4 Å². The molecule has 0 aromatic carbocycles.